The van der Waals surface area contributed by atoms with Gasteiger partial charge in [0.1, 0.15) is 5.82 Å². The molecule has 0 aliphatic rings. The Labute approximate surface area is 161 Å². The van der Waals surface area contributed by atoms with E-state index in [2.05, 4.69) is 15.5 Å². The second-order valence-electron chi connectivity index (χ2n) is 6.78. The lowest BCUT2D eigenvalue weighted by atomic mass is 10.0. The summed E-state index contributed by atoms with van der Waals surface area (Å²) in [7, 11) is 0. The molecule has 0 saturated carbocycles. The Morgan fingerprint density at radius 1 is 1.04 bits per heavy atom. The molecule has 1 N–H and O–H groups in total. The molecular weight excluding hydrogens is 357 g/mol. The monoisotopic (exact) mass is 375 g/mol. The van der Waals surface area contributed by atoms with E-state index in [0.29, 0.717) is 27.9 Å². The van der Waals surface area contributed by atoms with Crippen LogP contribution in [-0.2, 0) is 0 Å². The first-order chi connectivity index (χ1) is 13.4. The molecule has 0 aliphatic carbocycles. The average Bonchev–Trinajstić information content (AvgIpc) is 3.05. The molecule has 2 aromatic carbocycles. The molecule has 2 aromatic heterocycles. The molecule has 1 amide bonds. The van der Waals surface area contributed by atoms with Gasteiger partial charge < -0.3 is 9.84 Å². The summed E-state index contributed by atoms with van der Waals surface area (Å²) in [5, 5.41) is 7.46. The second-order valence-corrected chi connectivity index (χ2v) is 6.78. The van der Waals surface area contributed by atoms with Crippen molar-refractivity contribution < 1.29 is 13.7 Å². The zero-order valence-electron chi connectivity index (χ0n) is 15.7. The van der Waals surface area contributed by atoms with Gasteiger partial charge in [0.2, 0.25) is 0 Å². The van der Waals surface area contributed by atoms with Crippen molar-refractivity contribution in [2.75, 3.05) is 5.32 Å². The molecule has 0 radical (unpaired) electrons. The van der Waals surface area contributed by atoms with E-state index in [1.54, 1.807) is 25.1 Å². The van der Waals surface area contributed by atoms with Gasteiger partial charge in [0, 0.05) is 11.3 Å². The highest BCUT2D eigenvalue weighted by Gasteiger charge is 2.20. The molecule has 0 aliphatic heterocycles. The molecule has 0 fully saturated rings. The highest BCUT2D eigenvalue weighted by atomic mass is 19.1. The number of aromatic nitrogens is 2. The van der Waals surface area contributed by atoms with Crippen LogP contribution in [0, 0.1) is 26.6 Å². The van der Waals surface area contributed by atoms with Gasteiger partial charge in [0.15, 0.2) is 0 Å². The maximum Gasteiger partial charge on any atom is 0.259 e. The van der Waals surface area contributed by atoms with Crippen molar-refractivity contribution in [2.24, 2.45) is 0 Å². The average molecular weight is 375 g/mol. The van der Waals surface area contributed by atoms with Crippen LogP contribution in [0.4, 0.5) is 10.1 Å². The van der Waals surface area contributed by atoms with Crippen LogP contribution in [0.5, 0.6) is 0 Å². The number of hydrogen-bond donors (Lipinski definition) is 1. The lowest BCUT2D eigenvalue weighted by Gasteiger charge is -2.11. The summed E-state index contributed by atoms with van der Waals surface area (Å²) in [6.45, 7) is 5.71. The Balaban J connectivity index is 1.81. The minimum Gasteiger partial charge on any atom is -0.335 e. The first-order valence-electron chi connectivity index (χ1n) is 8.84. The van der Waals surface area contributed by atoms with Crippen molar-refractivity contribution in [1.82, 2.24) is 10.1 Å². The van der Waals surface area contributed by atoms with Crippen LogP contribution in [0.2, 0.25) is 0 Å². The number of pyridine rings is 1. The summed E-state index contributed by atoms with van der Waals surface area (Å²) < 4.78 is 18.6. The largest absolute Gasteiger partial charge is 0.335 e. The fourth-order valence-electron chi connectivity index (χ4n) is 3.19. The van der Waals surface area contributed by atoms with Gasteiger partial charge in [-0.05, 0) is 62.7 Å². The summed E-state index contributed by atoms with van der Waals surface area (Å²) >= 11 is 0. The molecule has 0 atom stereocenters. The van der Waals surface area contributed by atoms with Gasteiger partial charge in [-0.1, -0.05) is 22.9 Å². The van der Waals surface area contributed by atoms with E-state index in [0.717, 1.165) is 16.8 Å². The van der Waals surface area contributed by atoms with E-state index < -0.39 is 0 Å². The van der Waals surface area contributed by atoms with E-state index in [4.69, 9.17) is 4.52 Å². The lowest BCUT2D eigenvalue weighted by molar-refractivity contribution is 0.102. The number of nitrogens with zero attached hydrogens (tertiary/aromatic N) is 2. The molecule has 4 rings (SSSR count). The zero-order valence-corrected chi connectivity index (χ0v) is 15.7. The van der Waals surface area contributed by atoms with Crippen molar-refractivity contribution in [2.45, 2.75) is 20.8 Å². The third-order valence-corrected chi connectivity index (χ3v) is 4.63. The van der Waals surface area contributed by atoms with Crippen molar-refractivity contribution in [3.63, 3.8) is 0 Å². The van der Waals surface area contributed by atoms with Crippen LogP contribution in [0.3, 0.4) is 0 Å². The quantitative estimate of drug-likeness (QED) is 0.534. The number of benzene rings is 2. The molecule has 2 heterocycles. The molecule has 6 heteroatoms. The van der Waals surface area contributed by atoms with Crippen LogP contribution in [-0.4, -0.2) is 16.0 Å². The number of amides is 1. The van der Waals surface area contributed by atoms with Gasteiger partial charge >= 0.3 is 0 Å². The second kappa shape index (κ2) is 6.88. The number of fused-ring (bicyclic) bond motifs is 1. The third kappa shape index (κ3) is 3.24. The Kier molecular flexibility index (Phi) is 4.39. The van der Waals surface area contributed by atoms with Crippen molar-refractivity contribution in [1.29, 1.82) is 0 Å². The zero-order chi connectivity index (χ0) is 19.8. The number of halogens is 1. The maximum atomic E-state index is 13.3. The van der Waals surface area contributed by atoms with Gasteiger partial charge in [-0.2, -0.15) is 0 Å². The van der Waals surface area contributed by atoms with Crippen LogP contribution in [0.15, 0.2) is 53.1 Å². The predicted octanol–water partition coefficient (Wildman–Crippen LogP) is 5.21. The van der Waals surface area contributed by atoms with Crippen LogP contribution in [0.25, 0.3) is 22.4 Å². The van der Waals surface area contributed by atoms with E-state index >= 15 is 0 Å². The number of hydrogen-bond acceptors (Lipinski definition) is 4. The van der Waals surface area contributed by atoms with E-state index in [1.165, 1.54) is 12.1 Å². The highest BCUT2D eigenvalue weighted by molar-refractivity contribution is 6.13. The number of rotatable bonds is 3. The van der Waals surface area contributed by atoms with E-state index in [-0.39, 0.29) is 17.4 Å². The molecule has 5 nitrogen and oxygen atoms in total. The molecule has 4 aromatic rings. The summed E-state index contributed by atoms with van der Waals surface area (Å²) in [6.07, 6.45) is 0. The number of carbonyl (C=O) groups excluding carboxylic acids is 1. The smallest absolute Gasteiger partial charge is 0.259 e. The highest BCUT2D eigenvalue weighted by Crippen LogP contribution is 2.28. The number of aryl methyl sites for hydroxylation is 3. The summed E-state index contributed by atoms with van der Waals surface area (Å²) in [5.74, 6) is -0.623. The molecule has 0 spiro atoms. The van der Waals surface area contributed by atoms with Gasteiger partial charge in [0.25, 0.3) is 11.6 Å². The first kappa shape index (κ1) is 17.9. The summed E-state index contributed by atoms with van der Waals surface area (Å²) in [5.41, 5.74) is 5.27. The number of nitrogens with one attached hydrogen (secondary N) is 1. The molecule has 28 heavy (non-hydrogen) atoms. The van der Waals surface area contributed by atoms with Crippen LogP contribution < -0.4 is 5.32 Å². The summed E-state index contributed by atoms with van der Waals surface area (Å²) in [4.78, 5) is 17.5. The van der Waals surface area contributed by atoms with Crippen LogP contribution in [0.1, 0.15) is 27.2 Å². The van der Waals surface area contributed by atoms with Gasteiger partial charge in [-0.25, -0.2) is 9.37 Å². The number of carbonyl (C=O) groups is 1. The molecular formula is C22H18FN3O2. The van der Waals surface area contributed by atoms with Crippen molar-refractivity contribution >= 4 is 22.7 Å². The normalized spacial score (nSPS) is 11.0. The maximum absolute atomic E-state index is 13.3. The Morgan fingerprint density at radius 2 is 1.79 bits per heavy atom. The molecule has 0 saturated heterocycles. The van der Waals surface area contributed by atoms with Crippen molar-refractivity contribution in [3.05, 3.63) is 76.7 Å². The Bertz CT molecular complexity index is 1200. The minimum atomic E-state index is -0.340. The standard InChI is InChI=1S/C22H18FN3O2/c1-12-4-9-18(13(2)10-12)24-21(27)17-11-19(15-5-7-16(23)8-6-15)25-22-20(17)14(3)26-28-22/h4-11H,1-3H3,(H,24,27). The minimum absolute atomic E-state index is 0.269. The Morgan fingerprint density at radius 3 is 2.50 bits per heavy atom. The number of anilines is 1. The molecule has 0 unspecified atom stereocenters. The SMILES string of the molecule is Cc1ccc(NC(=O)c2cc(-c3ccc(F)cc3)nc3onc(C)c23)c(C)c1. The fraction of sp³-hybridized carbons (Fsp3) is 0.136. The van der Waals surface area contributed by atoms with Crippen molar-refractivity contribution in [3.8, 4) is 11.3 Å². The van der Waals surface area contributed by atoms with Gasteiger partial charge in [-0.15, -0.1) is 0 Å². The third-order valence-electron chi connectivity index (χ3n) is 4.63. The van der Waals surface area contributed by atoms with Gasteiger partial charge in [-0.3, -0.25) is 4.79 Å². The molecule has 0 bridgehead atoms. The van der Waals surface area contributed by atoms with E-state index in [1.807, 2.05) is 32.0 Å². The summed E-state index contributed by atoms with van der Waals surface area (Å²) in [6, 6.07) is 13.4. The first-order valence-corrected chi connectivity index (χ1v) is 8.84. The molecule has 140 valence electrons. The van der Waals surface area contributed by atoms with E-state index in [9.17, 15) is 9.18 Å². The fourth-order valence-corrected chi connectivity index (χ4v) is 3.19. The van der Waals surface area contributed by atoms with Crippen LogP contribution >= 0.6 is 0 Å². The Hall–Kier alpha value is -3.54. The topological polar surface area (TPSA) is 68.0 Å². The predicted molar refractivity (Wildman–Crippen MR) is 106 cm³/mol. The van der Waals surface area contributed by atoms with Gasteiger partial charge in [0.05, 0.1) is 22.3 Å². The lowest BCUT2D eigenvalue weighted by Crippen LogP contribution is -2.14.